The molecule has 7 aromatic carbocycles. The topological polar surface area (TPSA) is 0 Å². The molecular weight excluding hydrogens is 617 g/mol. The molecule has 0 spiro atoms. The summed E-state index contributed by atoms with van der Waals surface area (Å²) in [5.74, 6) is 0.334. The van der Waals surface area contributed by atoms with Gasteiger partial charge in [-0.05, 0) is 118 Å². The summed E-state index contributed by atoms with van der Waals surface area (Å²) in [7, 11) is -1.94. The van der Waals surface area contributed by atoms with Crippen LogP contribution in [0, 0.1) is 5.92 Å². The largest absolute Gasteiger partial charge is 0.113 e. The third kappa shape index (κ3) is 5.04. The van der Waals surface area contributed by atoms with Gasteiger partial charge in [0.05, 0.1) is 0 Å². The molecule has 0 amide bonds. The highest BCUT2D eigenvalue weighted by molar-refractivity contribution is 7.04. The first-order valence-corrected chi connectivity index (χ1v) is 20.9. The van der Waals surface area contributed by atoms with E-state index in [0.717, 1.165) is 6.42 Å². The van der Waals surface area contributed by atoms with Crippen molar-refractivity contribution in [2.24, 2.45) is 5.92 Å². The Bertz CT molecular complexity index is 2590. The average Bonchev–Trinajstić information content (AvgIpc) is 3.38. The van der Waals surface area contributed by atoms with Crippen molar-refractivity contribution >= 4 is 56.3 Å². The number of rotatable bonds is 3. The molecule has 9 rings (SSSR count). The lowest BCUT2D eigenvalue weighted by molar-refractivity contribution is 0.940. The van der Waals surface area contributed by atoms with Crippen LogP contribution in [0.25, 0.3) is 71.3 Å². The van der Waals surface area contributed by atoms with E-state index in [2.05, 4.69) is 190 Å². The van der Waals surface area contributed by atoms with Crippen LogP contribution in [0.15, 0.2) is 170 Å². The summed E-state index contributed by atoms with van der Waals surface area (Å²) in [6.45, 7) is 7.33. The molecule has 0 N–H and O–H groups in total. The Morgan fingerprint density at radius 3 is 2.14 bits per heavy atom. The predicted molar refractivity (Wildman–Crippen MR) is 221 cm³/mol. The molecule has 0 fully saturated rings. The molecular formula is C49H40Si. The first-order valence-electron chi connectivity index (χ1n) is 17.9. The van der Waals surface area contributed by atoms with Crippen molar-refractivity contribution in [3.8, 4) is 33.4 Å². The predicted octanol–water partition coefficient (Wildman–Crippen LogP) is 12.4. The van der Waals surface area contributed by atoms with Gasteiger partial charge >= 0.3 is 0 Å². The van der Waals surface area contributed by atoms with Crippen molar-refractivity contribution in [3.63, 3.8) is 0 Å². The van der Waals surface area contributed by atoms with Crippen LogP contribution in [0.2, 0.25) is 13.1 Å². The van der Waals surface area contributed by atoms with Crippen LogP contribution in [-0.2, 0) is 0 Å². The van der Waals surface area contributed by atoms with Crippen molar-refractivity contribution in [3.05, 3.63) is 175 Å². The van der Waals surface area contributed by atoms with Gasteiger partial charge < -0.3 is 0 Å². The highest BCUT2D eigenvalue weighted by atomic mass is 28.3. The van der Waals surface area contributed by atoms with Gasteiger partial charge in [0.1, 0.15) is 8.07 Å². The third-order valence-corrected chi connectivity index (χ3v) is 14.5. The summed E-state index contributed by atoms with van der Waals surface area (Å²) in [5.41, 5.74) is 10.5. The van der Waals surface area contributed by atoms with Crippen LogP contribution in [0.4, 0.5) is 0 Å². The summed E-state index contributed by atoms with van der Waals surface area (Å²) in [6, 6.07) is 48.1. The molecule has 7 aromatic rings. The maximum absolute atomic E-state index is 2.61. The molecule has 2 aliphatic rings. The third-order valence-electron chi connectivity index (χ3n) is 11.0. The van der Waals surface area contributed by atoms with E-state index in [1.54, 1.807) is 5.19 Å². The van der Waals surface area contributed by atoms with Gasteiger partial charge in [-0.15, -0.1) is 0 Å². The highest BCUT2D eigenvalue weighted by Crippen LogP contribution is 2.46. The zero-order valence-corrected chi connectivity index (χ0v) is 30.0. The number of fused-ring (bicyclic) bond motifs is 6. The van der Waals surface area contributed by atoms with E-state index in [1.165, 1.54) is 82.0 Å². The van der Waals surface area contributed by atoms with Gasteiger partial charge in [-0.3, -0.25) is 0 Å². The van der Waals surface area contributed by atoms with Crippen LogP contribution in [0.1, 0.15) is 18.9 Å². The van der Waals surface area contributed by atoms with Gasteiger partial charge in [0.15, 0.2) is 0 Å². The van der Waals surface area contributed by atoms with Crippen molar-refractivity contribution in [2.45, 2.75) is 26.4 Å². The second-order valence-corrected chi connectivity index (χ2v) is 18.8. The molecule has 1 atom stereocenters. The molecule has 1 aliphatic heterocycles. The molecule has 0 radical (unpaired) electrons. The van der Waals surface area contributed by atoms with Gasteiger partial charge in [-0.2, -0.15) is 0 Å². The lowest BCUT2D eigenvalue weighted by atomic mass is 9.83. The Morgan fingerprint density at radius 1 is 0.520 bits per heavy atom. The fraction of sp³-hybridized carbons (Fsp3) is 0.102. The van der Waals surface area contributed by atoms with Crippen molar-refractivity contribution in [2.75, 3.05) is 0 Å². The SMILES string of the molecule is CC1C=CC=CCC=C(c2c3cc(-c4ccccc4)ccc3c(-c3ccc4ccccc4c3)c3cc4c(cc23)[Si](C)(C)c2ccccc2-4)C=C1. The molecule has 1 unspecified atom stereocenters. The standard InChI is InChI=1S/C49H40Si/c1-33-15-7-4-5-8-19-36(24-23-33)48-43-30-38(34-16-9-6-10-17-34)27-28-41(43)49(39-26-25-35-18-11-12-20-37(35)29-39)44-31-42-40-21-13-14-22-46(40)50(2,3)47(42)32-45(44)48/h4-7,9-33H,8H2,1-3H3. The zero-order chi connectivity index (χ0) is 33.8. The summed E-state index contributed by atoms with van der Waals surface area (Å²) in [4.78, 5) is 0. The summed E-state index contributed by atoms with van der Waals surface area (Å²) in [6.07, 6.45) is 17.0. The molecule has 1 heteroatoms. The van der Waals surface area contributed by atoms with Crippen LogP contribution in [0.5, 0.6) is 0 Å². The van der Waals surface area contributed by atoms with Crippen LogP contribution < -0.4 is 10.4 Å². The van der Waals surface area contributed by atoms with Gasteiger partial charge in [0.25, 0.3) is 0 Å². The van der Waals surface area contributed by atoms with E-state index >= 15 is 0 Å². The second kappa shape index (κ2) is 12.1. The van der Waals surface area contributed by atoms with Crippen molar-refractivity contribution in [1.82, 2.24) is 0 Å². The summed E-state index contributed by atoms with van der Waals surface area (Å²) in [5, 5.41) is 10.9. The first kappa shape index (κ1) is 30.5. The van der Waals surface area contributed by atoms with Gasteiger partial charge in [-0.25, -0.2) is 0 Å². The Kier molecular flexibility index (Phi) is 7.41. The number of hydrogen-bond acceptors (Lipinski definition) is 0. The molecule has 1 aliphatic carbocycles. The monoisotopic (exact) mass is 656 g/mol. The van der Waals surface area contributed by atoms with E-state index in [-0.39, 0.29) is 0 Å². The smallest absolute Gasteiger partial charge is 0.0807 e. The quantitative estimate of drug-likeness (QED) is 0.131. The number of benzene rings is 7. The molecule has 240 valence electrons. The van der Waals surface area contributed by atoms with E-state index < -0.39 is 8.07 Å². The maximum atomic E-state index is 2.61. The molecule has 0 bridgehead atoms. The van der Waals surface area contributed by atoms with E-state index in [1.807, 2.05) is 0 Å². The summed E-state index contributed by atoms with van der Waals surface area (Å²) < 4.78 is 0. The van der Waals surface area contributed by atoms with E-state index in [0.29, 0.717) is 5.92 Å². The fourth-order valence-electron chi connectivity index (χ4n) is 8.36. The van der Waals surface area contributed by atoms with Gasteiger partial charge in [-0.1, -0.05) is 172 Å². The molecule has 0 saturated heterocycles. The highest BCUT2D eigenvalue weighted by Gasteiger charge is 2.38. The number of allylic oxidation sites excluding steroid dienone is 8. The van der Waals surface area contributed by atoms with Gasteiger partial charge in [0, 0.05) is 0 Å². The first-order chi connectivity index (χ1) is 24.5. The average molecular weight is 657 g/mol. The molecule has 1 heterocycles. The van der Waals surface area contributed by atoms with E-state index in [9.17, 15) is 0 Å². The lowest BCUT2D eigenvalue weighted by Gasteiger charge is -2.23. The van der Waals surface area contributed by atoms with Crippen molar-refractivity contribution < 1.29 is 0 Å². The van der Waals surface area contributed by atoms with Crippen molar-refractivity contribution in [1.29, 1.82) is 0 Å². The molecule has 0 aromatic heterocycles. The Hall–Kier alpha value is -5.50. The normalized spacial score (nSPS) is 16.5. The Balaban J connectivity index is 1.46. The summed E-state index contributed by atoms with van der Waals surface area (Å²) >= 11 is 0. The van der Waals surface area contributed by atoms with E-state index in [4.69, 9.17) is 0 Å². The molecule has 0 nitrogen and oxygen atoms in total. The van der Waals surface area contributed by atoms with Crippen LogP contribution >= 0.6 is 0 Å². The number of hydrogen-bond donors (Lipinski definition) is 0. The lowest BCUT2D eigenvalue weighted by Crippen LogP contribution is -2.49. The minimum Gasteiger partial charge on any atom is -0.0807 e. The van der Waals surface area contributed by atoms with Crippen LogP contribution in [0.3, 0.4) is 0 Å². The minimum atomic E-state index is -1.94. The fourth-order valence-corrected chi connectivity index (χ4v) is 11.4. The molecule has 0 saturated carbocycles. The van der Waals surface area contributed by atoms with Gasteiger partial charge in [0.2, 0.25) is 0 Å². The Labute approximate surface area is 296 Å². The van der Waals surface area contributed by atoms with Crippen LogP contribution in [-0.4, -0.2) is 8.07 Å². The molecule has 50 heavy (non-hydrogen) atoms. The Morgan fingerprint density at radius 2 is 1.26 bits per heavy atom. The second-order valence-electron chi connectivity index (χ2n) is 14.5. The minimum absolute atomic E-state index is 0.334. The maximum Gasteiger partial charge on any atom is 0.113 e. The zero-order valence-electron chi connectivity index (χ0n) is 29.0.